The van der Waals surface area contributed by atoms with Crippen LogP contribution in [0.3, 0.4) is 0 Å². The largest absolute Gasteiger partial charge is 0.345 e. The highest BCUT2D eigenvalue weighted by Crippen LogP contribution is 2.45. The lowest BCUT2D eigenvalue weighted by molar-refractivity contribution is -0.139. The van der Waals surface area contributed by atoms with E-state index < -0.39 is 5.41 Å². The van der Waals surface area contributed by atoms with Gasteiger partial charge in [-0.15, -0.1) is 0 Å². The molecule has 1 aliphatic rings. The molecule has 1 amide bonds. The van der Waals surface area contributed by atoms with Crippen molar-refractivity contribution in [1.82, 2.24) is 4.90 Å². The molecular weight excluding hydrogens is 217 g/mol. The van der Waals surface area contributed by atoms with Gasteiger partial charge < -0.3 is 4.90 Å². The number of carbonyl (C=O) groups is 1. The first-order valence-electron chi connectivity index (χ1n) is 6.12. The second-order valence-electron chi connectivity index (χ2n) is 4.77. The number of carbonyl (C=O) groups excluding carboxylic acids is 1. The van der Waals surface area contributed by atoms with Gasteiger partial charge >= 0.3 is 0 Å². The van der Waals surface area contributed by atoms with Crippen LogP contribution in [0.15, 0.2) is 24.3 Å². The van der Waals surface area contributed by atoms with Crippen LogP contribution < -0.4 is 0 Å². The summed E-state index contributed by atoms with van der Waals surface area (Å²) >= 11 is 0. The highest BCUT2D eigenvalue weighted by molar-refractivity contribution is 5.89. The molecule has 1 aromatic carbocycles. The maximum atomic E-state index is 13.3. The van der Waals surface area contributed by atoms with Gasteiger partial charge in [0.2, 0.25) is 5.91 Å². The van der Waals surface area contributed by atoms with Crippen LogP contribution in [0, 0.1) is 5.82 Å². The van der Waals surface area contributed by atoms with Gasteiger partial charge in [-0.25, -0.2) is 4.39 Å². The van der Waals surface area contributed by atoms with E-state index in [2.05, 4.69) is 0 Å². The predicted octanol–water partition coefficient (Wildman–Crippen LogP) is 2.73. The van der Waals surface area contributed by atoms with Gasteiger partial charge in [-0.3, -0.25) is 4.79 Å². The number of halogens is 1. The molecule has 0 bridgehead atoms. The molecule has 0 aromatic heterocycles. The van der Waals surface area contributed by atoms with Crippen molar-refractivity contribution in [3.8, 4) is 0 Å². The average Bonchev–Trinajstić information content (AvgIpc) is 2.26. The molecule has 2 rings (SSSR count). The molecule has 1 aliphatic carbocycles. The molecule has 1 fully saturated rings. The van der Waals surface area contributed by atoms with Gasteiger partial charge in [0.25, 0.3) is 0 Å². The van der Waals surface area contributed by atoms with Gasteiger partial charge in [0.05, 0.1) is 5.41 Å². The second-order valence-corrected chi connectivity index (χ2v) is 4.77. The van der Waals surface area contributed by atoms with E-state index in [-0.39, 0.29) is 11.7 Å². The molecule has 17 heavy (non-hydrogen) atoms. The van der Waals surface area contributed by atoms with Crippen molar-refractivity contribution in [2.24, 2.45) is 0 Å². The van der Waals surface area contributed by atoms with E-state index in [1.54, 1.807) is 11.0 Å². The Morgan fingerprint density at radius 3 is 2.65 bits per heavy atom. The van der Waals surface area contributed by atoms with Crippen LogP contribution in [0.4, 0.5) is 4.39 Å². The van der Waals surface area contributed by atoms with E-state index in [0.29, 0.717) is 6.54 Å². The average molecular weight is 235 g/mol. The predicted molar refractivity (Wildman–Crippen MR) is 65.2 cm³/mol. The Labute approximate surface area is 101 Å². The van der Waals surface area contributed by atoms with Gasteiger partial charge in [0, 0.05) is 13.6 Å². The van der Waals surface area contributed by atoms with Crippen LogP contribution in [0.25, 0.3) is 0 Å². The Morgan fingerprint density at radius 2 is 2.18 bits per heavy atom. The van der Waals surface area contributed by atoms with E-state index in [1.165, 1.54) is 12.1 Å². The van der Waals surface area contributed by atoms with Crippen molar-refractivity contribution in [2.75, 3.05) is 13.6 Å². The fourth-order valence-corrected chi connectivity index (χ4v) is 2.45. The van der Waals surface area contributed by atoms with Gasteiger partial charge in [-0.05, 0) is 37.5 Å². The summed E-state index contributed by atoms with van der Waals surface area (Å²) in [5.41, 5.74) is 0.362. The number of nitrogens with zero attached hydrogens (tertiary/aromatic N) is 1. The highest BCUT2D eigenvalue weighted by Gasteiger charge is 2.46. The van der Waals surface area contributed by atoms with Crippen LogP contribution in [0.2, 0.25) is 0 Å². The molecular formula is C14H18FNO. The molecule has 92 valence electrons. The van der Waals surface area contributed by atoms with E-state index >= 15 is 0 Å². The molecule has 0 heterocycles. The zero-order valence-corrected chi connectivity index (χ0v) is 10.4. The van der Waals surface area contributed by atoms with Gasteiger partial charge in [0.1, 0.15) is 5.82 Å². The molecule has 3 heteroatoms. The minimum Gasteiger partial charge on any atom is -0.345 e. The second kappa shape index (κ2) is 4.47. The van der Waals surface area contributed by atoms with Crippen molar-refractivity contribution in [1.29, 1.82) is 0 Å². The lowest BCUT2D eigenvalue weighted by atomic mass is 9.63. The molecule has 1 saturated carbocycles. The molecule has 1 aromatic rings. The number of hydrogen-bond donors (Lipinski definition) is 0. The third-order valence-corrected chi connectivity index (χ3v) is 3.81. The normalized spacial score (nSPS) is 17.4. The van der Waals surface area contributed by atoms with Crippen LogP contribution in [0.5, 0.6) is 0 Å². The summed E-state index contributed by atoms with van der Waals surface area (Å²) in [4.78, 5) is 14.1. The van der Waals surface area contributed by atoms with E-state index in [0.717, 1.165) is 24.8 Å². The molecule has 0 atom stereocenters. The molecule has 0 radical (unpaired) electrons. The zero-order chi connectivity index (χ0) is 12.5. The SMILES string of the molecule is CCN(C)C(=O)C1(c2cccc(F)c2)CCC1. The minimum absolute atomic E-state index is 0.122. The fourth-order valence-electron chi connectivity index (χ4n) is 2.45. The summed E-state index contributed by atoms with van der Waals surface area (Å²) in [5.74, 6) is -0.141. The van der Waals surface area contributed by atoms with E-state index in [1.807, 2.05) is 20.0 Å². The van der Waals surface area contributed by atoms with E-state index in [4.69, 9.17) is 0 Å². The van der Waals surface area contributed by atoms with Crippen LogP contribution >= 0.6 is 0 Å². The van der Waals surface area contributed by atoms with Crippen molar-refractivity contribution >= 4 is 5.91 Å². The molecule has 0 spiro atoms. The lowest BCUT2D eigenvalue weighted by Crippen LogP contribution is -2.49. The number of amides is 1. The Morgan fingerprint density at radius 1 is 1.47 bits per heavy atom. The Hall–Kier alpha value is -1.38. The van der Waals surface area contributed by atoms with Crippen LogP contribution in [0.1, 0.15) is 31.7 Å². The van der Waals surface area contributed by atoms with Gasteiger partial charge in [-0.1, -0.05) is 18.6 Å². The number of rotatable bonds is 3. The Bertz CT molecular complexity index is 426. The summed E-state index contributed by atoms with van der Waals surface area (Å²) in [5, 5.41) is 0. The topological polar surface area (TPSA) is 20.3 Å². The summed E-state index contributed by atoms with van der Waals surface area (Å²) in [7, 11) is 1.81. The molecule has 0 saturated heterocycles. The van der Waals surface area contributed by atoms with Gasteiger partial charge in [-0.2, -0.15) is 0 Å². The van der Waals surface area contributed by atoms with Crippen molar-refractivity contribution in [3.63, 3.8) is 0 Å². The van der Waals surface area contributed by atoms with Crippen LogP contribution in [-0.4, -0.2) is 24.4 Å². The van der Waals surface area contributed by atoms with Gasteiger partial charge in [0.15, 0.2) is 0 Å². The zero-order valence-electron chi connectivity index (χ0n) is 10.4. The third-order valence-electron chi connectivity index (χ3n) is 3.81. The highest BCUT2D eigenvalue weighted by atomic mass is 19.1. The van der Waals surface area contributed by atoms with Crippen LogP contribution in [-0.2, 0) is 10.2 Å². The lowest BCUT2D eigenvalue weighted by Gasteiger charge is -2.43. The number of likely N-dealkylation sites (N-methyl/N-ethyl adjacent to an activating group) is 1. The Kier molecular flexibility index (Phi) is 3.18. The molecule has 0 aliphatic heterocycles. The van der Waals surface area contributed by atoms with E-state index in [9.17, 15) is 9.18 Å². The number of benzene rings is 1. The van der Waals surface area contributed by atoms with Crippen molar-refractivity contribution < 1.29 is 9.18 Å². The molecule has 2 nitrogen and oxygen atoms in total. The van der Waals surface area contributed by atoms with Crippen molar-refractivity contribution in [2.45, 2.75) is 31.6 Å². The summed E-state index contributed by atoms with van der Waals surface area (Å²) < 4.78 is 13.3. The fraction of sp³-hybridized carbons (Fsp3) is 0.500. The first kappa shape index (κ1) is 12.1. The monoisotopic (exact) mass is 235 g/mol. The standard InChI is InChI=1S/C14H18FNO/c1-3-16(2)13(17)14(8-5-9-14)11-6-4-7-12(15)10-11/h4,6-7,10H,3,5,8-9H2,1-2H3. The minimum atomic E-state index is -0.465. The number of hydrogen-bond acceptors (Lipinski definition) is 1. The smallest absolute Gasteiger partial charge is 0.232 e. The Balaban J connectivity index is 2.35. The first-order chi connectivity index (χ1) is 8.10. The molecule has 0 unspecified atom stereocenters. The summed E-state index contributed by atoms with van der Waals surface area (Å²) in [6.45, 7) is 2.64. The maximum Gasteiger partial charge on any atom is 0.232 e. The van der Waals surface area contributed by atoms with Crippen molar-refractivity contribution in [3.05, 3.63) is 35.6 Å². The first-order valence-corrected chi connectivity index (χ1v) is 6.12. The quantitative estimate of drug-likeness (QED) is 0.789. The maximum absolute atomic E-state index is 13.3. The molecule has 0 N–H and O–H groups in total. The summed E-state index contributed by atoms with van der Waals surface area (Å²) in [6, 6.07) is 6.47. The third kappa shape index (κ3) is 1.94. The summed E-state index contributed by atoms with van der Waals surface area (Å²) in [6.07, 6.45) is 2.71.